The molecule has 1 aromatic rings. The monoisotopic (exact) mass is 308 g/mol. The molecule has 0 saturated carbocycles. The van der Waals surface area contributed by atoms with Crippen LogP contribution in [0.2, 0.25) is 5.02 Å². The maximum Gasteiger partial charge on any atom is 0.225 e. The molecule has 2 atom stereocenters. The van der Waals surface area contributed by atoms with Crippen LogP contribution in [0, 0.1) is 5.92 Å². The Balaban J connectivity index is 1.53. The van der Waals surface area contributed by atoms with Crippen molar-refractivity contribution in [2.45, 2.75) is 25.3 Å². The molecule has 0 bridgehead atoms. The maximum absolute atomic E-state index is 12.2. The van der Waals surface area contributed by atoms with Crippen LogP contribution in [-0.4, -0.2) is 38.3 Å². The van der Waals surface area contributed by atoms with Crippen LogP contribution in [0.25, 0.3) is 0 Å². The number of nitrogens with zero attached hydrogens (tertiary/aromatic N) is 1. The highest BCUT2D eigenvalue weighted by Gasteiger charge is 2.28. The molecular formula is C16H21ClN2O2. The van der Waals surface area contributed by atoms with E-state index < -0.39 is 0 Å². The van der Waals surface area contributed by atoms with Gasteiger partial charge in [-0.15, -0.1) is 0 Å². The van der Waals surface area contributed by atoms with Gasteiger partial charge < -0.3 is 15.0 Å². The first kappa shape index (κ1) is 14.7. The molecule has 0 spiro atoms. The second-order valence-electron chi connectivity index (χ2n) is 5.83. The lowest BCUT2D eigenvalue weighted by atomic mass is 10.0. The highest BCUT2D eigenvalue weighted by Crippen LogP contribution is 2.24. The molecule has 1 aromatic carbocycles. The Morgan fingerprint density at radius 1 is 1.38 bits per heavy atom. The molecule has 4 nitrogen and oxygen atoms in total. The minimum absolute atomic E-state index is 0.0268. The third-order valence-corrected chi connectivity index (χ3v) is 4.47. The summed E-state index contributed by atoms with van der Waals surface area (Å²) in [6.07, 6.45) is 2.90. The number of nitrogens with one attached hydrogen (secondary N) is 1. The lowest BCUT2D eigenvalue weighted by Gasteiger charge is -2.24. The predicted molar refractivity (Wildman–Crippen MR) is 83.8 cm³/mol. The molecule has 21 heavy (non-hydrogen) atoms. The van der Waals surface area contributed by atoms with Crippen molar-refractivity contribution in [3.8, 4) is 0 Å². The van der Waals surface area contributed by atoms with Gasteiger partial charge in [-0.1, -0.05) is 17.7 Å². The normalized spacial score (nSPS) is 25.9. The van der Waals surface area contributed by atoms with Crippen molar-refractivity contribution in [3.63, 3.8) is 0 Å². The number of carbonyl (C=O) groups excluding carboxylic acids is 1. The van der Waals surface area contributed by atoms with E-state index in [0.717, 1.165) is 49.7 Å². The zero-order valence-electron chi connectivity index (χ0n) is 12.1. The van der Waals surface area contributed by atoms with Gasteiger partial charge in [-0.3, -0.25) is 4.79 Å². The molecule has 1 N–H and O–H groups in total. The summed E-state index contributed by atoms with van der Waals surface area (Å²) >= 11 is 6.04. The fourth-order valence-electron chi connectivity index (χ4n) is 3.05. The van der Waals surface area contributed by atoms with Gasteiger partial charge in [0.15, 0.2) is 0 Å². The number of benzene rings is 1. The van der Waals surface area contributed by atoms with Crippen molar-refractivity contribution in [1.82, 2.24) is 5.32 Å². The Morgan fingerprint density at radius 2 is 2.29 bits per heavy atom. The largest absolute Gasteiger partial charge is 0.381 e. The molecule has 114 valence electrons. The van der Waals surface area contributed by atoms with Gasteiger partial charge in [-0.25, -0.2) is 0 Å². The molecule has 2 aliphatic rings. The van der Waals surface area contributed by atoms with Gasteiger partial charge in [-0.05, 0) is 37.5 Å². The summed E-state index contributed by atoms with van der Waals surface area (Å²) in [6.45, 7) is 3.15. The number of hydrogen-bond donors (Lipinski definition) is 1. The van der Waals surface area contributed by atoms with Crippen LogP contribution < -0.4 is 10.2 Å². The number of ether oxygens (including phenoxy) is 1. The van der Waals surface area contributed by atoms with Crippen LogP contribution in [0.1, 0.15) is 19.3 Å². The van der Waals surface area contributed by atoms with Crippen molar-refractivity contribution < 1.29 is 9.53 Å². The molecule has 5 heteroatoms. The average Bonchev–Trinajstić information content (AvgIpc) is 2.97. The first-order valence-electron chi connectivity index (χ1n) is 7.61. The zero-order valence-corrected chi connectivity index (χ0v) is 12.8. The second kappa shape index (κ2) is 6.67. The van der Waals surface area contributed by atoms with Crippen molar-refractivity contribution >= 4 is 23.2 Å². The molecule has 0 unspecified atom stereocenters. The van der Waals surface area contributed by atoms with E-state index >= 15 is 0 Å². The molecule has 3 rings (SSSR count). The van der Waals surface area contributed by atoms with Gasteiger partial charge in [0.1, 0.15) is 0 Å². The van der Waals surface area contributed by atoms with E-state index in [1.165, 1.54) is 0 Å². The van der Waals surface area contributed by atoms with E-state index in [1.807, 2.05) is 18.2 Å². The molecule has 0 radical (unpaired) electrons. The van der Waals surface area contributed by atoms with Gasteiger partial charge >= 0.3 is 0 Å². The van der Waals surface area contributed by atoms with E-state index in [0.29, 0.717) is 6.61 Å². The molecule has 2 fully saturated rings. The summed E-state index contributed by atoms with van der Waals surface area (Å²) in [5, 5.41) is 3.92. The standard InChI is InChI=1S/C16H21ClN2O2/c17-13-4-1-5-15(9-13)19-7-6-14(10-19)18-16(20)12-3-2-8-21-11-12/h1,4-5,9,12,14H,2-3,6-8,10-11H2,(H,18,20)/t12-,14-/m1/s1. The maximum atomic E-state index is 12.2. The van der Waals surface area contributed by atoms with Gasteiger partial charge in [-0.2, -0.15) is 0 Å². The number of hydrogen-bond acceptors (Lipinski definition) is 3. The Labute approximate surface area is 130 Å². The lowest BCUT2D eigenvalue weighted by Crippen LogP contribution is -2.42. The first-order chi connectivity index (χ1) is 10.2. The Kier molecular flexibility index (Phi) is 4.66. The number of amides is 1. The summed E-state index contributed by atoms with van der Waals surface area (Å²) in [4.78, 5) is 14.5. The molecule has 2 aliphatic heterocycles. The minimum atomic E-state index is 0.0268. The van der Waals surface area contributed by atoms with E-state index in [1.54, 1.807) is 0 Å². The summed E-state index contributed by atoms with van der Waals surface area (Å²) < 4.78 is 5.39. The Bertz CT molecular complexity index is 503. The third kappa shape index (κ3) is 3.69. The summed E-state index contributed by atoms with van der Waals surface area (Å²) in [5.41, 5.74) is 1.13. The van der Waals surface area contributed by atoms with E-state index in [4.69, 9.17) is 16.3 Å². The van der Waals surface area contributed by atoms with Crippen LogP contribution in [0.5, 0.6) is 0 Å². The van der Waals surface area contributed by atoms with Crippen LogP contribution in [0.3, 0.4) is 0 Å². The smallest absolute Gasteiger partial charge is 0.225 e. The molecule has 1 amide bonds. The molecule has 0 aromatic heterocycles. The van der Waals surface area contributed by atoms with E-state index in [-0.39, 0.29) is 17.9 Å². The fourth-order valence-corrected chi connectivity index (χ4v) is 3.24. The molecule has 2 heterocycles. The van der Waals surface area contributed by atoms with Gasteiger partial charge in [0.2, 0.25) is 5.91 Å². The summed E-state index contributed by atoms with van der Waals surface area (Å²) in [6, 6.07) is 8.09. The van der Waals surface area contributed by atoms with Crippen LogP contribution in [0.4, 0.5) is 5.69 Å². The lowest BCUT2D eigenvalue weighted by molar-refractivity contribution is -0.129. The fraction of sp³-hybridized carbons (Fsp3) is 0.562. The van der Waals surface area contributed by atoms with Gasteiger partial charge in [0.05, 0.1) is 12.5 Å². The SMILES string of the molecule is O=C(N[C@@H]1CCN(c2cccc(Cl)c2)C1)[C@@H]1CCCOC1. The molecule has 0 aliphatic carbocycles. The zero-order chi connectivity index (χ0) is 14.7. The number of halogens is 1. The Hall–Kier alpha value is -1.26. The summed E-state index contributed by atoms with van der Waals surface area (Å²) in [5.74, 6) is 0.173. The van der Waals surface area contributed by atoms with E-state index in [2.05, 4.69) is 16.3 Å². The van der Waals surface area contributed by atoms with Crippen molar-refractivity contribution in [3.05, 3.63) is 29.3 Å². The topological polar surface area (TPSA) is 41.6 Å². The number of carbonyl (C=O) groups is 1. The highest BCUT2D eigenvalue weighted by molar-refractivity contribution is 6.30. The van der Waals surface area contributed by atoms with Crippen molar-refractivity contribution in [2.24, 2.45) is 5.92 Å². The number of anilines is 1. The van der Waals surface area contributed by atoms with Gasteiger partial charge in [0, 0.05) is 36.4 Å². The van der Waals surface area contributed by atoms with Crippen LogP contribution >= 0.6 is 11.6 Å². The highest BCUT2D eigenvalue weighted by atomic mass is 35.5. The quantitative estimate of drug-likeness (QED) is 0.932. The van der Waals surface area contributed by atoms with Crippen molar-refractivity contribution in [2.75, 3.05) is 31.2 Å². The average molecular weight is 309 g/mol. The van der Waals surface area contributed by atoms with Crippen molar-refractivity contribution in [1.29, 1.82) is 0 Å². The Morgan fingerprint density at radius 3 is 3.05 bits per heavy atom. The first-order valence-corrected chi connectivity index (χ1v) is 7.99. The number of rotatable bonds is 3. The van der Waals surface area contributed by atoms with Crippen LogP contribution in [-0.2, 0) is 9.53 Å². The van der Waals surface area contributed by atoms with E-state index in [9.17, 15) is 4.79 Å². The van der Waals surface area contributed by atoms with Crippen LogP contribution in [0.15, 0.2) is 24.3 Å². The van der Waals surface area contributed by atoms with Gasteiger partial charge in [0.25, 0.3) is 0 Å². The molecular weight excluding hydrogens is 288 g/mol. The third-order valence-electron chi connectivity index (χ3n) is 4.24. The second-order valence-corrected chi connectivity index (χ2v) is 6.27. The minimum Gasteiger partial charge on any atom is -0.381 e. The predicted octanol–water partition coefficient (Wildman–Crippen LogP) is 2.46. The summed E-state index contributed by atoms with van der Waals surface area (Å²) in [7, 11) is 0. The molecule has 2 saturated heterocycles.